The topological polar surface area (TPSA) is 112 Å². The highest BCUT2D eigenvalue weighted by Crippen LogP contribution is 2.44. The fraction of sp³-hybridized carbons (Fsp3) is 0.286. The zero-order chi connectivity index (χ0) is 23.3. The minimum Gasteiger partial charge on any atom is -0.487 e. The van der Waals surface area contributed by atoms with E-state index in [-0.39, 0.29) is 15.7 Å². The number of aromatic nitrogens is 3. The molecule has 0 unspecified atom stereocenters. The van der Waals surface area contributed by atoms with Crippen molar-refractivity contribution in [2.45, 2.75) is 30.8 Å². The van der Waals surface area contributed by atoms with Gasteiger partial charge in [0.2, 0.25) is 0 Å². The molecular weight excluding hydrogens is 456 g/mol. The second-order valence-corrected chi connectivity index (χ2v) is 10.6. The van der Waals surface area contributed by atoms with E-state index < -0.39 is 21.3 Å². The number of rotatable bonds is 5. The van der Waals surface area contributed by atoms with Crippen LogP contribution in [-0.2, 0) is 23.3 Å². The Morgan fingerprint density at radius 2 is 2.00 bits per heavy atom. The minimum atomic E-state index is -3.41. The molecule has 1 aliphatic rings. The molecule has 0 saturated carbocycles. The first-order valence-electron chi connectivity index (χ1n) is 9.62. The molecular formula is C21H21ClN4O5S. The summed E-state index contributed by atoms with van der Waals surface area (Å²) in [5, 5.41) is 10.8. The predicted molar refractivity (Wildman–Crippen MR) is 118 cm³/mol. The number of fused-ring (bicyclic) bond motifs is 1. The van der Waals surface area contributed by atoms with Crippen molar-refractivity contribution < 1.29 is 22.7 Å². The number of hydrogen-bond donors (Lipinski definition) is 1. The Bertz CT molecular complexity index is 1330. The molecule has 1 aliphatic heterocycles. The van der Waals surface area contributed by atoms with Gasteiger partial charge < -0.3 is 14.8 Å². The van der Waals surface area contributed by atoms with Crippen molar-refractivity contribution in [1.82, 2.24) is 15.0 Å². The Labute approximate surface area is 190 Å². The molecule has 1 amide bonds. The number of halogens is 1. The van der Waals surface area contributed by atoms with Crippen LogP contribution in [0.15, 0.2) is 41.4 Å². The number of carbonyl (C=O) groups is 1. The van der Waals surface area contributed by atoms with E-state index in [0.717, 1.165) is 11.8 Å². The highest BCUT2D eigenvalue weighted by molar-refractivity contribution is 7.90. The number of amides is 1. The van der Waals surface area contributed by atoms with Crippen LogP contribution in [0.4, 0.5) is 5.82 Å². The normalized spacial score (nSPS) is 14.5. The van der Waals surface area contributed by atoms with Crippen molar-refractivity contribution in [3.05, 3.63) is 52.7 Å². The molecule has 32 heavy (non-hydrogen) atoms. The summed E-state index contributed by atoms with van der Waals surface area (Å²) in [4.78, 5) is 14.2. The van der Waals surface area contributed by atoms with Crippen molar-refractivity contribution >= 4 is 33.2 Å². The monoisotopic (exact) mass is 476 g/mol. The van der Waals surface area contributed by atoms with Gasteiger partial charge in [0, 0.05) is 30.9 Å². The van der Waals surface area contributed by atoms with Crippen LogP contribution in [0.25, 0.3) is 0 Å². The van der Waals surface area contributed by atoms with E-state index in [1.54, 1.807) is 19.2 Å². The fourth-order valence-electron chi connectivity index (χ4n) is 3.37. The predicted octanol–water partition coefficient (Wildman–Crippen LogP) is 3.63. The number of nitrogens with zero attached hydrogens (tertiary/aromatic N) is 3. The summed E-state index contributed by atoms with van der Waals surface area (Å²) in [6, 6.07) is 7.48. The molecule has 0 aliphatic carbocycles. The zero-order valence-corrected chi connectivity index (χ0v) is 19.4. The summed E-state index contributed by atoms with van der Waals surface area (Å²) >= 11 is 6.29. The number of ether oxygens (including phenoxy) is 2. The van der Waals surface area contributed by atoms with Gasteiger partial charge in [-0.05, 0) is 44.2 Å². The Morgan fingerprint density at radius 3 is 2.62 bits per heavy atom. The number of sulfone groups is 1. The van der Waals surface area contributed by atoms with Gasteiger partial charge in [0.1, 0.15) is 22.8 Å². The van der Waals surface area contributed by atoms with Gasteiger partial charge in [-0.1, -0.05) is 11.6 Å². The van der Waals surface area contributed by atoms with Crippen LogP contribution in [0, 0.1) is 0 Å². The van der Waals surface area contributed by atoms with E-state index in [9.17, 15) is 13.2 Å². The van der Waals surface area contributed by atoms with Crippen molar-refractivity contribution in [3.8, 4) is 17.2 Å². The molecule has 2 aromatic carbocycles. The first kappa shape index (κ1) is 22.1. The first-order valence-corrected chi connectivity index (χ1v) is 11.9. The molecule has 0 atom stereocenters. The lowest BCUT2D eigenvalue weighted by Crippen LogP contribution is -2.24. The highest BCUT2D eigenvalue weighted by Gasteiger charge is 2.34. The van der Waals surface area contributed by atoms with Gasteiger partial charge in [-0.15, -0.1) is 5.10 Å². The number of anilines is 1. The Hall–Kier alpha value is -3.11. The van der Waals surface area contributed by atoms with E-state index in [1.807, 2.05) is 13.8 Å². The molecule has 4 rings (SSSR count). The number of hydrogen-bond acceptors (Lipinski definition) is 7. The largest absolute Gasteiger partial charge is 0.487 e. The number of carbonyl (C=O) groups excluding carboxylic acids is 1. The Balaban J connectivity index is 1.71. The lowest BCUT2D eigenvalue weighted by molar-refractivity contribution is 0.102. The van der Waals surface area contributed by atoms with Gasteiger partial charge in [0.05, 0.1) is 16.1 Å². The van der Waals surface area contributed by atoms with E-state index in [1.165, 1.54) is 29.2 Å². The van der Waals surface area contributed by atoms with Gasteiger partial charge in [-0.25, -0.2) is 8.42 Å². The molecule has 0 bridgehead atoms. The van der Waals surface area contributed by atoms with Gasteiger partial charge in [-0.2, -0.15) is 9.90 Å². The average molecular weight is 477 g/mol. The number of aryl methyl sites for hydroxylation is 1. The Morgan fingerprint density at radius 1 is 1.25 bits per heavy atom. The van der Waals surface area contributed by atoms with Crippen LogP contribution in [0.2, 0.25) is 5.02 Å². The van der Waals surface area contributed by atoms with Crippen molar-refractivity contribution in [2.24, 2.45) is 7.05 Å². The maximum absolute atomic E-state index is 12.8. The van der Waals surface area contributed by atoms with E-state index in [0.29, 0.717) is 29.3 Å². The van der Waals surface area contributed by atoms with Crippen LogP contribution in [-0.4, -0.2) is 41.2 Å². The number of nitrogens with one attached hydrogen (secondary N) is 1. The smallest absolute Gasteiger partial charge is 0.257 e. The van der Waals surface area contributed by atoms with Crippen molar-refractivity contribution in [3.63, 3.8) is 0 Å². The summed E-state index contributed by atoms with van der Waals surface area (Å²) in [5.74, 6) is 1.08. The van der Waals surface area contributed by atoms with E-state index in [4.69, 9.17) is 21.1 Å². The summed E-state index contributed by atoms with van der Waals surface area (Å²) < 4.78 is 35.6. The molecule has 0 radical (unpaired) electrons. The molecule has 0 spiro atoms. The summed E-state index contributed by atoms with van der Waals surface area (Å²) in [6.07, 6.45) is 3.10. The fourth-order valence-corrected chi connectivity index (χ4v) is 4.30. The van der Waals surface area contributed by atoms with Crippen LogP contribution in [0.5, 0.6) is 17.2 Å². The molecule has 1 aromatic heterocycles. The third kappa shape index (κ3) is 4.56. The lowest BCUT2D eigenvalue weighted by atomic mass is 9.99. The maximum Gasteiger partial charge on any atom is 0.257 e. The molecule has 2 heterocycles. The molecule has 0 saturated heterocycles. The number of benzene rings is 2. The second-order valence-electron chi connectivity index (χ2n) is 8.13. The quantitative estimate of drug-likeness (QED) is 0.598. The SMILES string of the molecule is Cn1ncc(NC(=O)c2cc(Oc3ccc(S(C)(=O)=O)cc3Cl)c3c(c2)OC(C)(C)C3)n1. The van der Waals surface area contributed by atoms with Gasteiger partial charge in [0.15, 0.2) is 15.7 Å². The van der Waals surface area contributed by atoms with Crippen LogP contribution in [0.3, 0.4) is 0 Å². The maximum atomic E-state index is 12.8. The molecule has 1 N–H and O–H groups in total. The van der Waals surface area contributed by atoms with Gasteiger partial charge in [0.25, 0.3) is 5.91 Å². The van der Waals surface area contributed by atoms with E-state index >= 15 is 0 Å². The third-order valence-electron chi connectivity index (χ3n) is 4.81. The average Bonchev–Trinajstić information content (AvgIpc) is 3.23. The summed E-state index contributed by atoms with van der Waals surface area (Å²) in [6.45, 7) is 3.87. The van der Waals surface area contributed by atoms with Crippen LogP contribution >= 0.6 is 11.6 Å². The molecule has 9 nitrogen and oxygen atoms in total. The first-order chi connectivity index (χ1) is 14.9. The van der Waals surface area contributed by atoms with Crippen LogP contribution in [0.1, 0.15) is 29.8 Å². The zero-order valence-electron chi connectivity index (χ0n) is 17.8. The Kier molecular flexibility index (Phi) is 5.38. The van der Waals surface area contributed by atoms with Gasteiger partial charge >= 0.3 is 0 Å². The lowest BCUT2D eigenvalue weighted by Gasteiger charge is -2.16. The van der Waals surface area contributed by atoms with Gasteiger partial charge in [-0.3, -0.25) is 4.79 Å². The van der Waals surface area contributed by atoms with E-state index in [2.05, 4.69) is 15.5 Å². The van der Waals surface area contributed by atoms with Crippen LogP contribution < -0.4 is 14.8 Å². The summed E-state index contributed by atoms with van der Waals surface area (Å²) in [7, 11) is -1.77. The molecule has 11 heteroatoms. The molecule has 3 aromatic rings. The molecule has 0 fully saturated rings. The van der Waals surface area contributed by atoms with Crippen molar-refractivity contribution in [2.75, 3.05) is 11.6 Å². The third-order valence-corrected chi connectivity index (χ3v) is 6.22. The second kappa shape index (κ2) is 7.79. The highest BCUT2D eigenvalue weighted by atomic mass is 35.5. The standard InChI is InChI=1S/C21H21ClN4O5S/c1-21(2)10-14-17(30-16-6-5-13(9-15(16)22)32(4,28)29)7-12(8-18(14)31-21)20(27)24-19-11-23-26(3)25-19/h5-9,11H,10H2,1-4H3,(H,24,25,27). The minimum absolute atomic E-state index is 0.0849. The molecule has 168 valence electrons. The van der Waals surface area contributed by atoms with Crippen molar-refractivity contribution in [1.29, 1.82) is 0 Å². The summed E-state index contributed by atoms with van der Waals surface area (Å²) in [5.41, 5.74) is 0.602.